The number of nitrogens with zero attached hydrogens (tertiary/aromatic N) is 1. The van der Waals surface area contributed by atoms with Crippen molar-refractivity contribution in [3.63, 3.8) is 0 Å². The molecule has 0 saturated carbocycles. The lowest BCUT2D eigenvalue weighted by Crippen LogP contribution is -2.43. The molecule has 1 fully saturated rings. The van der Waals surface area contributed by atoms with E-state index in [2.05, 4.69) is 21.2 Å². The van der Waals surface area contributed by atoms with Crippen molar-refractivity contribution < 1.29 is 18.0 Å². The highest BCUT2D eigenvalue weighted by molar-refractivity contribution is 9.10. The Morgan fingerprint density at radius 3 is 2.69 bits per heavy atom. The first-order valence-corrected chi connectivity index (χ1v) is 9.87. The van der Waals surface area contributed by atoms with Gasteiger partial charge in [0, 0.05) is 28.2 Å². The molecule has 2 aromatic rings. The Morgan fingerprint density at radius 1 is 1.19 bits per heavy atom. The minimum absolute atomic E-state index is 0.314. The zero-order valence-electron chi connectivity index (χ0n) is 13.6. The fourth-order valence-corrected chi connectivity index (χ4v) is 4.29. The molecular formula is C18H16BrF3N2OS. The molecule has 2 amide bonds. The second-order valence-electron chi connectivity index (χ2n) is 5.85. The maximum atomic E-state index is 13.0. The van der Waals surface area contributed by atoms with Crippen LogP contribution in [0, 0.1) is 0 Å². The standard InChI is InChI=1S/C18H16BrF3N2OS/c19-14-5-2-6-15(10-14)23-17(25)24-7-8-26-11-16(24)12-3-1-4-13(9-12)18(20,21)22/h1-6,9-10,16H,7-8,11H2,(H,23,25). The number of hydrogen-bond donors (Lipinski definition) is 1. The summed E-state index contributed by atoms with van der Waals surface area (Å²) in [6.07, 6.45) is -4.40. The van der Waals surface area contributed by atoms with Gasteiger partial charge < -0.3 is 10.2 Å². The van der Waals surface area contributed by atoms with Crippen LogP contribution in [-0.2, 0) is 6.18 Å². The summed E-state index contributed by atoms with van der Waals surface area (Å²) in [5.41, 5.74) is 0.430. The van der Waals surface area contributed by atoms with Crippen LogP contribution < -0.4 is 5.32 Å². The number of thioether (sulfide) groups is 1. The van der Waals surface area contributed by atoms with Crippen LogP contribution >= 0.6 is 27.7 Å². The largest absolute Gasteiger partial charge is 0.416 e. The highest BCUT2D eigenvalue weighted by atomic mass is 79.9. The third kappa shape index (κ3) is 4.54. The maximum Gasteiger partial charge on any atom is 0.416 e. The van der Waals surface area contributed by atoms with Crippen LogP contribution in [0.1, 0.15) is 17.2 Å². The summed E-state index contributed by atoms with van der Waals surface area (Å²) in [7, 11) is 0. The van der Waals surface area contributed by atoms with Crippen LogP contribution in [-0.4, -0.2) is 29.0 Å². The highest BCUT2D eigenvalue weighted by Gasteiger charge is 2.33. The number of carbonyl (C=O) groups is 1. The van der Waals surface area contributed by atoms with Crippen LogP contribution in [0.2, 0.25) is 0 Å². The van der Waals surface area contributed by atoms with E-state index in [1.54, 1.807) is 40.9 Å². The molecule has 1 aliphatic rings. The van der Waals surface area contributed by atoms with E-state index in [0.717, 1.165) is 22.4 Å². The molecule has 1 heterocycles. The molecule has 138 valence electrons. The van der Waals surface area contributed by atoms with Gasteiger partial charge in [0.15, 0.2) is 0 Å². The van der Waals surface area contributed by atoms with E-state index in [9.17, 15) is 18.0 Å². The Balaban J connectivity index is 1.83. The second-order valence-corrected chi connectivity index (χ2v) is 7.91. The van der Waals surface area contributed by atoms with E-state index in [-0.39, 0.29) is 6.03 Å². The first-order chi connectivity index (χ1) is 12.3. The third-order valence-electron chi connectivity index (χ3n) is 4.06. The summed E-state index contributed by atoms with van der Waals surface area (Å²) in [4.78, 5) is 14.3. The molecular weight excluding hydrogens is 429 g/mol. The Hall–Kier alpha value is -1.67. The molecule has 0 aliphatic carbocycles. The topological polar surface area (TPSA) is 32.3 Å². The Bertz CT molecular complexity index is 800. The number of alkyl halides is 3. The highest BCUT2D eigenvalue weighted by Crippen LogP contribution is 2.35. The lowest BCUT2D eigenvalue weighted by atomic mass is 10.0. The number of urea groups is 1. The maximum absolute atomic E-state index is 13.0. The van der Waals surface area contributed by atoms with Gasteiger partial charge in [-0.2, -0.15) is 24.9 Å². The molecule has 1 aliphatic heterocycles. The normalized spacial score (nSPS) is 17.8. The van der Waals surface area contributed by atoms with Crippen molar-refractivity contribution in [1.82, 2.24) is 4.90 Å². The van der Waals surface area contributed by atoms with E-state index in [1.807, 2.05) is 6.07 Å². The molecule has 3 rings (SSSR count). The Morgan fingerprint density at radius 2 is 1.96 bits per heavy atom. The van der Waals surface area contributed by atoms with E-state index in [0.29, 0.717) is 23.5 Å². The predicted molar refractivity (Wildman–Crippen MR) is 101 cm³/mol. The molecule has 0 spiro atoms. The molecule has 0 radical (unpaired) electrons. The van der Waals surface area contributed by atoms with Crippen molar-refractivity contribution in [3.05, 3.63) is 64.1 Å². The van der Waals surface area contributed by atoms with Gasteiger partial charge in [-0.25, -0.2) is 4.79 Å². The van der Waals surface area contributed by atoms with E-state index in [1.165, 1.54) is 6.07 Å². The van der Waals surface area contributed by atoms with Gasteiger partial charge in [0.2, 0.25) is 0 Å². The molecule has 26 heavy (non-hydrogen) atoms. The lowest BCUT2D eigenvalue weighted by molar-refractivity contribution is -0.137. The molecule has 0 aromatic heterocycles. The summed E-state index contributed by atoms with van der Waals surface area (Å²) in [6, 6.07) is 11.7. The minimum atomic E-state index is -4.40. The average molecular weight is 445 g/mol. The van der Waals surface area contributed by atoms with Crippen molar-refractivity contribution in [3.8, 4) is 0 Å². The third-order valence-corrected chi connectivity index (χ3v) is 5.58. The number of nitrogens with one attached hydrogen (secondary N) is 1. The van der Waals surface area contributed by atoms with E-state index < -0.39 is 17.8 Å². The zero-order chi connectivity index (χ0) is 18.7. The first kappa shape index (κ1) is 19.1. The minimum Gasteiger partial charge on any atom is -0.316 e. The summed E-state index contributed by atoms with van der Waals surface area (Å²) in [6.45, 7) is 0.478. The van der Waals surface area contributed by atoms with Crippen molar-refractivity contribution in [2.75, 3.05) is 23.4 Å². The Labute approximate surface area is 162 Å². The van der Waals surface area contributed by atoms with E-state index in [4.69, 9.17) is 0 Å². The van der Waals surface area contributed by atoms with Gasteiger partial charge in [-0.05, 0) is 35.9 Å². The number of rotatable bonds is 2. The van der Waals surface area contributed by atoms with Gasteiger partial charge in [0.25, 0.3) is 0 Å². The number of amides is 2. The molecule has 8 heteroatoms. The van der Waals surface area contributed by atoms with Gasteiger partial charge in [-0.15, -0.1) is 0 Å². The number of hydrogen-bond acceptors (Lipinski definition) is 2. The van der Waals surface area contributed by atoms with Crippen molar-refractivity contribution >= 4 is 39.4 Å². The van der Waals surface area contributed by atoms with Gasteiger partial charge >= 0.3 is 12.2 Å². The average Bonchev–Trinajstić information content (AvgIpc) is 2.61. The molecule has 1 atom stereocenters. The van der Waals surface area contributed by atoms with Crippen molar-refractivity contribution in [2.45, 2.75) is 12.2 Å². The first-order valence-electron chi connectivity index (χ1n) is 7.93. The fraction of sp³-hybridized carbons (Fsp3) is 0.278. The van der Waals surface area contributed by atoms with Crippen LogP contribution in [0.15, 0.2) is 53.0 Å². The molecule has 3 nitrogen and oxygen atoms in total. The van der Waals surface area contributed by atoms with Crippen molar-refractivity contribution in [1.29, 1.82) is 0 Å². The number of halogens is 4. The Kier molecular flexibility index (Phi) is 5.82. The predicted octanol–water partition coefficient (Wildman–Crippen LogP) is 5.79. The van der Waals surface area contributed by atoms with Gasteiger partial charge in [0.05, 0.1) is 11.6 Å². The van der Waals surface area contributed by atoms with Crippen LogP contribution in [0.5, 0.6) is 0 Å². The zero-order valence-corrected chi connectivity index (χ0v) is 16.0. The summed E-state index contributed by atoms with van der Waals surface area (Å²) < 4.78 is 39.9. The van der Waals surface area contributed by atoms with Crippen LogP contribution in [0.3, 0.4) is 0 Å². The summed E-state index contributed by atoms with van der Waals surface area (Å²) >= 11 is 4.98. The molecule has 2 aromatic carbocycles. The molecule has 1 N–H and O–H groups in total. The van der Waals surface area contributed by atoms with E-state index >= 15 is 0 Å². The summed E-state index contributed by atoms with van der Waals surface area (Å²) in [5, 5.41) is 2.82. The quantitative estimate of drug-likeness (QED) is 0.635. The lowest BCUT2D eigenvalue weighted by Gasteiger charge is -2.36. The molecule has 1 saturated heterocycles. The van der Waals surface area contributed by atoms with Gasteiger partial charge in [-0.1, -0.05) is 34.1 Å². The number of carbonyl (C=O) groups excluding carboxylic acids is 1. The van der Waals surface area contributed by atoms with Crippen LogP contribution in [0.4, 0.5) is 23.7 Å². The number of benzene rings is 2. The van der Waals surface area contributed by atoms with Crippen molar-refractivity contribution in [2.24, 2.45) is 0 Å². The smallest absolute Gasteiger partial charge is 0.316 e. The van der Waals surface area contributed by atoms with Crippen LogP contribution in [0.25, 0.3) is 0 Å². The van der Waals surface area contributed by atoms with Gasteiger partial charge in [-0.3, -0.25) is 0 Å². The monoisotopic (exact) mass is 444 g/mol. The second kappa shape index (κ2) is 7.92. The SMILES string of the molecule is O=C(Nc1cccc(Br)c1)N1CCSCC1c1cccc(C(F)(F)F)c1. The molecule has 0 bridgehead atoms. The number of anilines is 1. The van der Waals surface area contributed by atoms with Gasteiger partial charge in [0.1, 0.15) is 0 Å². The fourth-order valence-electron chi connectivity index (χ4n) is 2.81. The molecule has 1 unspecified atom stereocenters. The summed E-state index contributed by atoms with van der Waals surface area (Å²) in [5.74, 6) is 1.31.